The quantitative estimate of drug-likeness (QED) is 0.234. The first-order valence-electron chi connectivity index (χ1n) is 9.72. The molecule has 3 aromatic carbocycles. The van der Waals surface area contributed by atoms with E-state index in [2.05, 4.69) is 0 Å². The van der Waals surface area contributed by atoms with Crippen molar-refractivity contribution in [1.29, 1.82) is 0 Å². The van der Waals surface area contributed by atoms with Crippen LogP contribution in [0.4, 0.5) is 23.2 Å². The molecule has 0 saturated heterocycles. The van der Waals surface area contributed by atoms with Gasteiger partial charge in [0, 0.05) is 5.56 Å². The van der Waals surface area contributed by atoms with Gasteiger partial charge in [-0.2, -0.15) is 13.2 Å². The van der Waals surface area contributed by atoms with Gasteiger partial charge >= 0.3 is 12.1 Å². The van der Waals surface area contributed by atoms with Crippen LogP contribution >= 0.6 is 0 Å². The summed E-state index contributed by atoms with van der Waals surface area (Å²) in [6.45, 7) is -0.648. The number of halogens is 4. The highest BCUT2D eigenvalue weighted by molar-refractivity contribution is 6.34. The standard InChI is InChI=1S/C24H13F4NO5/c25-16-7-4-13(5-8-16)20(30)12-34-23(33)14-6-9-18-19(10-14)22(32)29(21(18)31)17-3-1-2-15(11-17)24(26,27)28/h1-11H,12H2. The zero-order valence-electron chi connectivity index (χ0n) is 17.1. The molecule has 1 heterocycles. The highest BCUT2D eigenvalue weighted by Gasteiger charge is 2.39. The number of nitrogens with zero attached hydrogens (tertiary/aromatic N) is 1. The molecule has 1 aliphatic rings. The number of benzene rings is 3. The summed E-state index contributed by atoms with van der Waals surface area (Å²) in [5.41, 5.74) is -1.60. The van der Waals surface area contributed by atoms with Gasteiger partial charge in [0.2, 0.25) is 0 Å². The van der Waals surface area contributed by atoms with E-state index in [9.17, 15) is 36.7 Å². The van der Waals surface area contributed by atoms with E-state index in [4.69, 9.17) is 4.74 Å². The van der Waals surface area contributed by atoms with Crippen LogP contribution in [0.1, 0.15) is 47.0 Å². The Morgan fingerprint density at radius 2 is 1.47 bits per heavy atom. The molecule has 0 N–H and O–H groups in total. The molecule has 10 heteroatoms. The van der Waals surface area contributed by atoms with Gasteiger partial charge in [-0.25, -0.2) is 14.1 Å². The van der Waals surface area contributed by atoms with Crippen LogP contribution in [-0.4, -0.2) is 30.2 Å². The minimum Gasteiger partial charge on any atom is -0.454 e. The second-order valence-electron chi connectivity index (χ2n) is 7.26. The van der Waals surface area contributed by atoms with Crippen LogP contribution in [0.3, 0.4) is 0 Å². The van der Waals surface area contributed by atoms with Gasteiger partial charge in [-0.1, -0.05) is 6.07 Å². The number of alkyl halides is 3. The Bertz CT molecular complexity index is 1330. The number of esters is 1. The minimum atomic E-state index is -4.67. The largest absolute Gasteiger partial charge is 0.454 e. The number of hydrogen-bond donors (Lipinski definition) is 0. The van der Waals surface area contributed by atoms with E-state index in [1.807, 2.05) is 0 Å². The van der Waals surface area contributed by atoms with E-state index in [0.717, 1.165) is 30.3 Å². The summed E-state index contributed by atoms with van der Waals surface area (Å²) in [5, 5.41) is 0. The summed E-state index contributed by atoms with van der Waals surface area (Å²) in [6, 6.07) is 11.8. The maximum Gasteiger partial charge on any atom is 0.416 e. The van der Waals surface area contributed by atoms with Gasteiger partial charge in [-0.05, 0) is 60.7 Å². The van der Waals surface area contributed by atoms with Crippen molar-refractivity contribution >= 4 is 29.3 Å². The van der Waals surface area contributed by atoms with Gasteiger partial charge in [0.05, 0.1) is 27.9 Å². The lowest BCUT2D eigenvalue weighted by Gasteiger charge is -2.16. The Kier molecular flexibility index (Phi) is 5.74. The molecular formula is C24H13F4NO5. The normalized spacial score (nSPS) is 13.1. The molecule has 34 heavy (non-hydrogen) atoms. The van der Waals surface area contributed by atoms with Gasteiger partial charge in [-0.15, -0.1) is 0 Å². The molecule has 0 saturated carbocycles. The number of hydrogen-bond acceptors (Lipinski definition) is 5. The summed E-state index contributed by atoms with van der Waals surface area (Å²) < 4.78 is 57.0. The highest BCUT2D eigenvalue weighted by Crippen LogP contribution is 2.34. The van der Waals surface area contributed by atoms with Crippen LogP contribution in [0.15, 0.2) is 66.7 Å². The molecule has 0 bridgehead atoms. The molecule has 172 valence electrons. The molecule has 4 rings (SSSR count). The van der Waals surface area contributed by atoms with Crippen molar-refractivity contribution < 1.29 is 41.5 Å². The molecule has 0 atom stereocenters. The van der Waals surface area contributed by atoms with Crippen molar-refractivity contribution in [3.05, 3.63) is 100 Å². The molecule has 1 aliphatic heterocycles. The van der Waals surface area contributed by atoms with Crippen LogP contribution in [0.25, 0.3) is 0 Å². The Morgan fingerprint density at radius 3 is 2.15 bits per heavy atom. The number of imide groups is 1. The molecule has 0 spiro atoms. The van der Waals surface area contributed by atoms with Gasteiger partial charge in [-0.3, -0.25) is 14.4 Å². The van der Waals surface area contributed by atoms with Crippen molar-refractivity contribution in [1.82, 2.24) is 0 Å². The number of carbonyl (C=O) groups is 4. The Morgan fingerprint density at radius 1 is 0.824 bits per heavy atom. The Balaban J connectivity index is 1.52. The molecule has 0 radical (unpaired) electrons. The smallest absolute Gasteiger partial charge is 0.416 e. The number of ketones is 1. The predicted octanol–water partition coefficient (Wildman–Crippen LogP) is 4.68. The SMILES string of the molecule is O=C(COC(=O)c1ccc2c(c1)C(=O)N(c1cccc(C(F)(F)F)c1)C2=O)c1ccc(F)cc1. The van der Waals surface area contributed by atoms with Gasteiger partial charge < -0.3 is 4.74 Å². The number of rotatable bonds is 5. The molecule has 0 unspecified atom stereocenters. The van der Waals surface area contributed by atoms with Crippen molar-refractivity contribution in [3.8, 4) is 0 Å². The zero-order valence-corrected chi connectivity index (χ0v) is 17.1. The van der Waals surface area contributed by atoms with E-state index in [0.29, 0.717) is 11.0 Å². The molecule has 0 aliphatic carbocycles. The fourth-order valence-corrected chi connectivity index (χ4v) is 3.36. The highest BCUT2D eigenvalue weighted by atomic mass is 19.4. The molecule has 2 amide bonds. The lowest BCUT2D eigenvalue weighted by Crippen LogP contribution is -2.29. The third-order valence-corrected chi connectivity index (χ3v) is 5.05. The first-order chi connectivity index (χ1) is 16.1. The zero-order chi connectivity index (χ0) is 24.6. The van der Waals surface area contributed by atoms with Gasteiger partial charge in [0.15, 0.2) is 12.4 Å². The minimum absolute atomic E-state index is 0.0960. The Labute approximate surface area is 189 Å². The topological polar surface area (TPSA) is 80.8 Å². The predicted molar refractivity (Wildman–Crippen MR) is 110 cm³/mol. The van der Waals surface area contributed by atoms with E-state index >= 15 is 0 Å². The number of anilines is 1. The molecule has 0 aromatic heterocycles. The van der Waals surface area contributed by atoms with E-state index < -0.39 is 47.7 Å². The number of fused-ring (bicyclic) bond motifs is 1. The average Bonchev–Trinajstić information content (AvgIpc) is 3.06. The van der Waals surface area contributed by atoms with Crippen LogP contribution in [-0.2, 0) is 10.9 Å². The fourth-order valence-electron chi connectivity index (χ4n) is 3.36. The monoisotopic (exact) mass is 471 g/mol. The first-order valence-corrected chi connectivity index (χ1v) is 9.72. The van der Waals surface area contributed by atoms with Crippen molar-refractivity contribution in [2.45, 2.75) is 6.18 Å². The average molecular weight is 471 g/mol. The maximum atomic E-state index is 13.0. The third kappa shape index (κ3) is 4.29. The first kappa shape index (κ1) is 22.8. The molecule has 0 fully saturated rings. The summed E-state index contributed by atoms with van der Waals surface area (Å²) in [6.07, 6.45) is -4.67. The number of Topliss-reactive ketones (excluding diaryl/α,β-unsaturated/α-hetero) is 1. The summed E-state index contributed by atoms with van der Waals surface area (Å²) >= 11 is 0. The number of amides is 2. The van der Waals surface area contributed by atoms with Crippen molar-refractivity contribution in [2.24, 2.45) is 0 Å². The lowest BCUT2D eigenvalue weighted by molar-refractivity contribution is -0.137. The third-order valence-electron chi connectivity index (χ3n) is 5.05. The lowest BCUT2D eigenvalue weighted by atomic mass is 10.1. The summed E-state index contributed by atoms with van der Waals surface area (Å²) in [5.74, 6) is -3.83. The molecule has 6 nitrogen and oxygen atoms in total. The van der Waals surface area contributed by atoms with E-state index in [1.54, 1.807) is 0 Å². The van der Waals surface area contributed by atoms with Gasteiger partial charge in [0.1, 0.15) is 5.82 Å². The second kappa shape index (κ2) is 8.54. The number of carbonyl (C=O) groups excluding carboxylic acids is 4. The van der Waals surface area contributed by atoms with Crippen LogP contribution in [0.5, 0.6) is 0 Å². The van der Waals surface area contributed by atoms with E-state index in [1.165, 1.54) is 30.3 Å². The molecular weight excluding hydrogens is 458 g/mol. The van der Waals surface area contributed by atoms with Gasteiger partial charge in [0.25, 0.3) is 11.8 Å². The van der Waals surface area contributed by atoms with Crippen LogP contribution in [0, 0.1) is 5.82 Å². The fraction of sp³-hybridized carbons (Fsp3) is 0.0833. The second-order valence-corrected chi connectivity index (χ2v) is 7.26. The summed E-state index contributed by atoms with van der Waals surface area (Å²) in [7, 11) is 0. The van der Waals surface area contributed by atoms with Crippen LogP contribution < -0.4 is 4.90 Å². The maximum absolute atomic E-state index is 13.0. The van der Waals surface area contributed by atoms with E-state index in [-0.39, 0.29) is 27.9 Å². The van der Waals surface area contributed by atoms with Crippen molar-refractivity contribution in [3.63, 3.8) is 0 Å². The van der Waals surface area contributed by atoms with Crippen molar-refractivity contribution in [2.75, 3.05) is 11.5 Å². The molecule has 3 aromatic rings. The van der Waals surface area contributed by atoms with Crippen LogP contribution in [0.2, 0.25) is 0 Å². The number of ether oxygens (including phenoxy) is 1. The Hall–Kier alpha value is -4.34. The summed E-state index contributed by atoms with van der Waals surface area (Å²) in [4.78, 5) is 50.5.